The second kappa shape index (κ2) is 11.5. The lowest BCUT2D eigenvalue weighted by Crippen LogP contribution is -2.56. The summed E-state index contributed by atoms with van der Waals surface area (Å²) >= 11 is 5.78. The molecule has 170 valence electrons. The van der Waals surface area contributed by atoms with Crippen molar-refractivity contribution in [1.29, 1.82) is 0 Å². The topological polar surface area (TPSA) is 140 Å². The van der Waals surface area contributed by atoms with Gasteiger partial charge in [0.25, 0.3) is 0 Å². The van der Waals surface area contributed by atoms with E-state index in [1.165, 1.54) is 0 Å². The lowest BCUT2D eigenvalue weighted by molar-refractivity contribution is -0.167. The zero-order valence-electron chi connectivity index (χ0n) is 17.5. The molecule has 1 saturated carbocycles. The van der Waals surface area contributed by atoms with E-state index in [1.54, 1.807) is 31.2 Å². The number of urea groups is 1. The maximum Gasteiger partial charge on any atom is 0.321 e. The van der Waals surface area contributed by atoms with Crippen LogP contribution in [0.3, 0.4) is 0 Å². The number of esters is 1. The molecule has 0 saturated heterocycles. The summed E-state index contributed by atoms with van der Waals surface area (Å²) < 4.78 is 5.08. The standard InChI is InChI=1S/C21H29ClN4O5/c1-2-31-19(29)21(10-4-11-21)18(28)26-16(5-3-12-24-20(23)30)17(27)25-15-8-6-14(13-22)7-9-15/h6-9,16H,2-5,10-13H2,1H3,(H,25,27)(H,26,28)(H3,23,24,30)/t16-/m0/s1. The van der Waals surface area contributed by atoms with Crippen molar-refractivity contribution in [1.82, 2.24) is 10.6 Å². The number of carbonyl (C=O) groups is 4. The van der Waals surface area contributed by atoms with Gasteiger partial charge in [-0.05, 0) is 50.3 Å². The van der Waals surface area contributed by atoms with Crippen LogP contribution in [0, 0.1) is 5.41 Å². The van der Waals surface area contributed by atoms with Gasteiger partial charge < -0.3 is 26.4 Å². The molecular weight excluding hydrogens is 424 g/mol. The third kappa shape index (κ3) is 6.58. The molecule has 0 bridgehead atoms. The number of hydrogen-bond donors (Lipinski definition) is 4. The summed E-state index contributed by atoms with van der Waals surface area (Å²) in [5, 5.41) is 7.93. The highest BCUT2D eigenvalue weighted by Gasteiger charge is 2.52. The van der Waals surface area contributed by atoms with E-state index < -0.39 is 35.3 Å². The highest BCUT2D eigenvalue weighted by atomic mass is 35.5. The monoisotopic (exact) mass is 452 g/mol. The van der Waals surface area contributed by atoms with Gasteiger partial charge in [0.2, 0.25) is 11.8 Å². The Morgan fingerprint density at radius 3 is 2.39 bits per heavy atom. The number of ether oxygens (including phenoxy) is 1. The smallest absolute Gasteiger partial charge is 0.321 e. The van der Waals surface area contributed by atoms with Gasteiger partial charge in [0.1, 0.15) is 11.5 Å². The molecule has 0 heterocycles. The van der Waals surface area contributed by atoms with E-state index in [4.69, 9.17) is 22.1 Å². The highest BCUT2D eigenvalue weighted by molar-refractivity contribution is 6.17. The van der Waals surface area contributed by atoms with Crippen LogP contribution < -0.4 is 21.7 Å². The van der Waals surface area contributed by atoms with Crippen molar-refractivity contribution < 1.29 is 23.9 Å². The van der Waals surface area contributed by atoms with Gasteiger partial charge in [-0.3, -0.25) is 14.4 Å². The number of nitrogens with one attached hydrogen (secondary N) is 3. The Morgan fingerprint density at radius 1 is 1.19 bits per heavy atom. The molecule has 1 aromatic rings. The Morgan fingerprint density at radius 2 is 1.87 bits per heavy atom. The minimum atomic E-state index is -1.25. The van der Waals surface area contributed by atoms with Gasteiger partial charge in [-0.15, -0.1) is 11.6 Å². The van der Waals surface area contributed by atoms with Crippen LogP contribution >= 0.6 is 11.6 Å². The number of benzene rings is 1. The van der Waals surface area contributed by atoms with Crippen LogP contribution in [0.1, 0.15) is 44.6 Å². The van der Waals surface area contributed by atoms with Crippen molar-refractivity contribution in [3.63, 3.8) is 0 Å². The minimum absolute atomic E-state index is 0.175. The van der Waals surface area contributed by atoms with E-state index in [9.17, 15) is 19.2 Å². The molecule has 0 aromatic heterocycles. The first-order valence-corrected chi connectivity index (χ1v) is 10.8. The summed E-state index contributed by atoms with van der Waals surface area (Å²) in [5.41, 5.74) is 5.27. The van der Waals surface area contributed by atoms with E-state index >= 15 is 0 Å². The average molecular weight is 453 g/mol. The fourth-order valence-corrected chi connectivity index (χ4v) is 3.49. The van der Waals surface area contributed by atoms with Gasteiger partial charge in [0.15, 0.2) is 0 Å². The number of alkyl halides is 1. The number of primary amides is 1. The van der Waals surface area contributed by atoms with Gasteiger partial charge in [0.05, 0.1) is 6.61 Å². The van der Waals surface area contributed by atoms with Gasteiger partial charge >= 0.3 is 12.0 Å². The summed E-state index contributed by atoms with van der Waals surface area (Å²) in [6, 6.07) is 5.44. The molecule has 5 N–H and O–H groups in total. The molecule has 1 fully saturated rings. The van der Waals surface area contributed by atoms with Crippen LogP contribution in [0.2, 0.25) is 0 Å². The van der Waals surface area contributed by atoms with Crippen molar-refractivity contribution >= 4 is 41.1 Å². The first-order chi connectivity index (χ1) is 14.8. The summed E-state index contributed by atoms with van der Waals surface area (Å²) in [4.78, 5) is 49.1. The Hall–Kier alpha value is -2.81. The lowest BCUT2D eigenvalue weighted by Gasteiger charge is -2.38. The third-order valence-corrected chi connectivity index (χ3v) is 5.58. The molecule has 1 aliphatic rings. The zero-order valence-corrected chi connectivity index (χ0v) is 18.3. The highest BCUT2D eigenvalue weighted by Crippen LogP contribution is 2.42. The van der Waals surface area contributed by atoms with Crippen molar-refractivity contribution in [2.24, 2.45) is 11.1 Å². The van der Waals surface area contributed by atoms with Crippen LogP contribution in [-0.2, 0) is 25.0 Å². The molecule has 0 aliphatic heterocycles. The molecule has 4 amide bonds. The van der Waals surface area contributed by atoms with E-state index in [2.05, 4.69) is 16.0 Å². The maximum absolute atomic E-state index is 13.0. The van der Waals surface area contributed by atoms with Gasteiger partial charge in [-0.2, -0.15) is 0 Å². The van der Waals surface area contributed by atoms with Crippen LogP contribution in [0.5, 0.6) is 0 Å². The Bertz CT molecular complexity index is 795. The molecule has 1 aromatic carbocycles. The first-order valence-electron chi connectivity index (χ1n) is 10.3. The van der Waals surface area contributed by atoms with Crippen LogP contribution in [0.15, 0.2) is 24.3 Å². The second-order valence-corrected chi connectivity index (χ2v) is 7.70. The fourth-order valence-electron chi connectivity index (χ4n) is 3.31. The van der Waals surface area contributed by atoms with Crippen LogP contribution in [-0.4, -0.2) is 43.0 Å². The SMILES string of the molecule is CCOC(=O)C1(C(=O)N[C@@H](CCCNC(N)=O)C(=O)Nc2ccc(CCl)cc2)CCC1. The quantitative estimate of drug-likeness (QED) is 0.176. The fraction of sp³-hybridized carbons (Fsp3) is 0.524. The molecule has 0 unspecified atom stereocenters. The summed E-state index contributed by atoms with van der Waals surface area (Å²) in [6.07, 6.45) is 2.15. The van der Waals surface area contributed by atoms with Crippen LogP contribution in [0.4, 0.5) is 10.5 Å². The molecular formula is C21H29ClN4O5. The van der Waals surface area contributed by atoms with E-state index in [1.807, 2.05) is 0 Å². The van der Waals surface area contributed by atoms with Crippen molar-refractivity contribution in [2.75, 3.05) is 18.5 Å². The zero-order chi connectivity index (χ0) is 22.9. The Balaban J connectivity index is 2.08. The van der Waals surface area contributed by atoms with Crippen molar-refractivity contribution in [3.8, 4) is 0 Å². The molecule has 9 nitrogen and oxygen atoms in total. The molecule has 2 rings (SSSR count). The maximum atomic E-state index is 13.0. The largest absolute Gasteiger partial charge is 0.465 e. The Kier molecular flexibility index (Phi) is 9.11. The number of carbonyl (C=O) groups excluding carboxylic acids is 4. The number of hydrogen-bond acceptors (Lipinski definition) is 5. The molecule has 31 heavy (non-hydrogen) atoms. The molecule has 1 atom stereocenters. The summed E-state index contributed by atoms with van der Waals surface area (Å²) in [5.74, 6) is -1.15. The van der Waals surface area contributed by atoms with Gasteiger partial charge in [-0.25, -0.2) is 4.79 Å². The van der Waals surface area contributed by atoms with Crippen molar-refractivity contribution in [3.05, 3.63) is 29.8 Å². The number of rotatable bonds is 11. The van der Waals surface area contributed by atoms with Crippen LogP contribution in [0.25, 0.3) is 0 Å². The van der Waals surface area contributed by atoms with E-state index in [0.717, 1.165) is 12.0 Å². The van der Waals surface area contributed by atoms with E-state index in [-0.39, 0.29) is 19.6 Å². The molecule has 0 spiro atoms. The van der Waals surface area contributed by atoms with Gasteiger partial charge in [0, 0.05) is 18.1 Å². The average Bonchev–Trinajstić information content (AvgIpc) is 2.70. The molecule has 1 aliphatic carbocycles. The number of amides is 4. The van der Waals surface area contributed by atoms with Gasteiger partial charge in [-0.1, -0.05) is 18.6 Å². The predicted octanol–water partition coefficient (Wildman–Crippen LogP) is 2.03. The predicted molar refractivity (Wildman–Crippen MR) is 116 cm³/mol. The van der Waals surface area contributed by atoms with Crippen molar-refractivity contribution in [2.45, 2.75) is 50.9 Å². The summed E-state index contributed by atoms with van der Waals surface area (Å²) in [6.45, 7) is 2.11. The second-order valence-electron chi connectivity index (χ2n) is 7.44. The summed E-state index contributed by atoms with van der Waals surface area (Å²) in [7, 11) is 0. The molecule has 0 radical (unpaired) electrons. The normalized spacial score (nSPS) is 15.2. The number of halogens is 1. The minimum Gasteiger partial charge on any atom is -0.465 e. The lowest BCUT2D eigenvalue weighted by atomic mass is 9.68. The first kappa shape index (κ1) is 24.5. The Labute approximate surface area is 186 Å². The number of nitrogens with two attached hydrogens (primary N) is 1. The number of anilines is 1. The molecule has 10 heteroatoms. The van der Waals surface area contributed by atoms with E-state index in [0.29, 0.717) is 30.8 Å². The third-order valence-electron chi connectivity index (χ3n) is 5.27.